The second-order valence-electron chi connectivity index (χ2n) is 4.84. The van der Waals surface area contributed by atoms with Crippen LogP contribution in [-0.4, -0.2) is 17.6 Å². The Kier molecular flexibility index (Phi) is 4.70. The van der Waals surface area contributed by atoms with E-state index in [4.69, 9.17) is 0 Å². The fraction of sp³-hybridized carbons (Fsp3) is 0.500. The first-order valence-electron chi connectivity index (χ1n) is 5.94. The number of carbonyl (C=O) groups excluding carboxylic acids is 1. The Balaban J connectivity index is 2.83. The van der Waals surface area contributed by atoms with Crippen molar-refractivity contribution in [3.05, 3.63) is 29.3 Å². The molecule has 94 valence electrons. The summed E-state index contributed by atoms with van der Waals surface area (Å²) < 4.78 is 0. The molecule has 0 saturated heterocycles. The predicted octanol–water partition coefficient (Wildman–Crippen LogP) is 2.51. The highest BCUT2D eigenvalue weighted by molar-refractivity contribution is 5.93. The van der Waals surface area contributed by atoms with Gasteiger partial charge in [-0.25, -0.2) is 0 Å². The van der Waals surface area contributed by atoms with Gasteiger partial charge in [0.25, 0.3) is 0 Å². The highest BCUT2D eigenvalue weighted by Crippen LogP contribution is 2.19. The van der Waals surface area contributed by atoms with Gasteiger partial charge in [0.1, 0.15) is 0 Å². The molecule has 1 amide bonds. The number of anilines is 1. The second-order valence-corrected chi connectivity index (χ2v) is 4.84. The maximum atomic E-state index is 12.0. The molecule has 1 atom stereocenters. The summed E-state index contributed by atoms with van der Waals surface area (Å²) in [6, 6.07) is 5.94. The first kappa shape index (κ1) is 13.7. The van der Waals surface area contributed by atoms with Crippen LogP contribution in [-0.2, 0) is 4.79 Å². The number of hydrogen-bond donors (Lipinski definition) is 2. The fourth-order valence-corrected chi connectivity index (χ4v) is 1.69. The van der Waals surface area contributed by atoms with Crippen LogP contribution in [0.5, 0.6) is 0 Å². The van der Waals surface area contributed by atoms with Crippen molar-refractivity contribution in [3.8, 4) is 0 Å². The van der Waals surface area contributed by atoms with E-state index >= 15 is 0 Å². The smallest absolute Gasteiger partial charge is 0.230 e. The van der Waals surface area contributed by atoms with Crippen molar-refractivity contribution in [2.24, 2.45) is 11.8 Å². The van der Waals surface area contributed by atoms with Gasteiger partial charge < -0.3 is 10.4 Å². The normalized spacial score (nSPS) is 12.6. The van der Waals surface area contributed by atoms with Gasteiger partial charge >= 0.3 is 0 Å². The molecule has 0 aromatic heterocycles. The molecular formula is C14H21NO2. The van der Waals surface area contributed by atoms with Gasteiger partial charge in [-0.3, -0.25) is 4.79 Å². The third-order valence-corrected chi connectivity index (χ3v) is 2.99. The maximum absolute atomic E-state index is 12.0. The van der Waals surface area contributed by atoms with E-state index in [0.29, 0.717) is 0 Å². The molecule has 0 heterocycles. The summed E-state index contributed by atoms with van der Waals surface area (Å²) in [4.78, 5) is 12.0. The van der Waals surface area contributed by atoms with E-state index in [2.05, 4.69) is 5.32 Å². The zero-order chi connectivity index (χ0) is 13.0. The molecule has 1 aromatic rings. The molecule has 0 saturated carbocycles. The van der Waals surface area contributed by atoms with Crippen LogP contribution in [0.4, 0.5) is 5.69 Å². The lowest BCUT2D eigenvalue weighted by Gasteiger charge is -2.18. The van der Waals surface area contributed by atoms with E-state index in [1.165, 1.54) is 0 Å². The lowest BCUT2D eigenvalue weighted by molar-refractivity contribution is -0.122. The second kappa shape index (κ2) is 5.82. The Morgan fingerprint density at radius 3 is 2.53 bits per heavy atom. The van der Waals surface area contributed by atoms with Gasteiger partial charge in [0.15, 0.2) is 0 Å². The first-order chi connectivity index (χ1) is 7.95. The Morgan fingerprint density at radius 2 is 2.00 bits per heavy atom. The van der Waals surface area contributed by atoms with Gasteiger partial charge in [-0.05, 0) is 37.0 Å². The Morgan fingerprint density at radius 1 is 1.35 bits per heavy atom. The van der Waals surface area contributed by atoms with Crippen LogP contribution in [0, 0.1) is 25.7 Å². The van der Waals surface area contributed by atoms with Gasteiger partial charge in [-0.2, -0.15) is 0 Å². The number of nitrogens with one attached hydrogen (secondary N) is 1. The molecular weight excluding hydrogens is 214 g/mol. The molecule has 0 spiro atoms. The van der Waals surface area contributed by atoms with Gasteiger partial charge in [0.05, 0.1) is 12.5 Å². The lowest BCUT2D eigenvalue weighted by Crippen LogP contribution is -2.30. The number of benzene rings is 1. The summed E-state index contributed by atoms with van der Waals surface area (Å²) in [5.74, 6) is -0.337. The zero-order valence-corrected chi connectivity index (χ0v) is 10.9. The molecule has 0 aliphatic heterocycles. The summed E-state index contributed by atoms with van der Waals surface area (Å²) >= 11 is 0. The monoisotopic (exact) mass is 235 g/mol. The average Bonchev–Trinajstić information content (AvgIpc) is 2.24. The molecule has 0 aliphatic rings. The number of aliphatic hydroxyl groups excluding tert-OH is 1. The van der Waals surface area contributed by atoms with Crippen LogP contribution >= 0.6 is 0 Å². The van der Waals surface area contributed by atoms with E-state index in [1.54, 1.807) is 0 Å². The topological polar surface area (TPSA) is 49.3 Å². The van der Waals surface area contributed by atoms with Gasteiger partial charge in [0, 0.05) is 5.69 Å². The van der Waals surface area contributed by atoms with Crippen LogP contribution < -0.4 is 5.32 Å². The zero-order valence-electron chi connectivity index (χ0n) is 10.9. The minimum atomic E-state index is -0.352. The van der Waals surface area contributed by atoms with Crippen LogP contribution in [0.15, 0.2) is 18.2 Å². The van der Waals surface area contributed by atoms with Gasteiger partial charge in [-0.15, -0.1) is 0 Å². The number of aliphatic hydroxyl groups is 1. The quantitative estimate of drug-likeness (QED) is 0.842. The molecule has 1 aromatic carbocycles. The molecule has 0 radical (unpaired) electrons. The van der Waals surface area contributed by atoms with Crippen LogP contribution in [0.25, 0.3) is 0 Å². The third kappa shape index (κ3) is 3.56. The predicted molar refractivity (Wildman–Crippen MR) is 70.0 cm³/mol. The SMILES string of the molecule is Cc1ccc(C)c(NC(=O)C(CO)C(C)C)c1. The van der Waals surface area contributed by atoms with Crippen LogP contribution in [0.2, 0.25) is 0 Å². The molecule has 0 fully saturated rings. The fourth-order valence-electron chi connectivity index (χ4n) is 1.69. The number of amides is 1. The number of hydrogen-bond acceptors (Lipinski definition) is 2. The molecule has 1 rings (SSSR count). The number of rotatable bonds is 4. The molecule has 3 nitrogen and oxygen atoms in total. The van der Waals surface area contributed by atoms with Crippen molar-refractivity contribution in [1.82, 2.24) is 0 Å². The van der Waals surface area contributed by atoms with Gasteiger partial charge in [-0.1, -0.05) is 26.0 Å². The highest BCUT2D eigenvalue weighted by atomic mass is 16.3. The lowest BCUT2D eigenvalue weighted by atomic mass is 9.95. The maximum Gasteiger partial charge on any atom is 0.230 e. The average molecular weight is 235 g/mol. The highest BCUT2D eigenvalue weighted by Gasteiger charge is 2.21. The summed E-state index contributed by atoms with van der Waals surface area (Å²) in [7, 11) is 0. The summed E-state index contributed by atoms with van der Waals surface area (Å²) in [5, 5.41) is 12.1. The van der Waals surface area contributed by atoms with E-state index in [1.807, 2.05) is 45.9 Å². The minimum Gasteiger partial charge on any atom is -0.396 e. The van der Waals surface area contributed by atoms with Crippen molar-refractivity contribution in [1.29, 1.82) is 0 Å². The van der Waals surface area contributed by atoms with E-state index in [0.717, 1.165) is 16.8 Å². The first-order valence-corrected chi connectivity index (χ1v) is 5.94. The van der Waals surface area contributed by atoms with Gasteiger partial charge in [0.2, 0.25) is 5.91 Å². The van der Waals surface area contributed by atoms with Crippen molar-refractivity contribution >= 4 is 11.6 Å². The summed E-state index contributed by atoms with van der Waals surface area (Å²) in [5.41, 5.74) is 2.97. The van der Waals surface area contributed by atoms with Crippen molar-refractivity contribution in [2.75, 3.05) is 11.9 Å². The molecule has 17 heavy (non-hydrogen) atoms. The van der Waals surface area contributed by atoms with Crippen molar-refractivity contribution in [2.45, 2.75) is 27.7 Å². The van der Waals surface area contributed by atoms with E-state index in [-0.39, 0.29) is 24.3 Å². The van der Waals surface area contributed by atoms with Crippen LogP contribution in [0.1, 0.15) is 25.0 Å². The summed E-state index contributed by atoms with van der Waals surface area (Å²) in [6.07, 6.45) is 0. The summed E-state index contributed by atoms with van der Waals surface area (Å²) in [6.45, 7) is 7.70. The molecule has 2 N–H and O–H groups in total. The minimum absolute atomic E-state index is 0.115. The number of carbonyl (C=O) groups is 1. The molecule has 0 bridgehead atoms. The standard InChI is InChI=1S/C14H21NO2/c1-9(2)12(8-16)14(17)15-13-7-10(3)5-6-11(13)4/h5-7,9,12,16H,8H2,1-4H3,(H,15,17). The largest absolute Gasteiger partial charge is 0.396 e. The van der Waals surface area contributed by atoms with E-state index in [9.17, 15) is 9.90 Å². The number of aryl methyl sites for hydroxylation is 2. The Bertz CT molecular complexity index is 399. The third-order valence-electron chi connectivity index (χ3n) is 2.99. The Labute approximate surface area is 103 Å². The van der Waals surface area contributed by atoms with Crippen molar-refractivity contribution in [3.63, 3.8) is 0 Å². The van der Waals surface area contributed by atoms with E-state index < -0.39 is 0 Å². The molecule has 1 unspecified atom stereocenters. The van der Waals surface area contributed by atoms with Crippen LogP contribution in [0.3, 0.4) is 0 Å². The Hall–Kier alpha value is -1.35. The molecule has 0 aliphatic carbocycles. The van der Waals surface area contributed by atoms with Crippen molar-refractivity contribution < 1.29 is 9.90 Å². The molecule has 3 heteroatoms.